The Bertz CT molecular complexity index is 699. The summed E-state index contributed by atoms with van der Waals surface area (Å²) in [5, 5.41) is 0. The molecule has 0 aliphatic carbocycles. The summed E-state index contributed by atoms with van der Waals surface area (Å²) in [6.07, 6.45) is 1.75. The first-order chi connectivity index (χ1) is 11.5. The third-order valence-electron chi connectivity index (χ3n) is 4.71. The molecule has 1 fully saturated rings. The summed E-state index contributed by atoms with van der Waals surface area (Å²) in [4.78, 5) is 31.9. The van der Waals surface area contributed by atoms with Crippen molar-refractivity contribution >= 4 is 11.8 Å². The van der Waals surface area contributed by atoms with E-state index in [1.807, 2.05) is 55.1 Å². The molecule has 1 N–H and O–H groups in total. The lowest BCUT2D eigenvalue weighted by Crippen LogP contribution is -2.54. The van der Waals surface area contributed by atoms with Crippen molar-refractivity contribution in [2.24, 2.45) is 0 Å². The fourth-order valence-corrected chi connectivity index (χ4v) is 3.12. The highest BCUT2D eigenvalue weighted by Gasteiger charge is 2.35. The van der Waals surface area contributed by atoms with E-state index in [4.69, 9.17) is 0 Å². The Hall–Kier alpha value is -2.56. The van der Waals surface area contributed by atoms with Crippen LogP contribution in [0.15, 0.2) is 48.7 Å². The molecule has 1 aromatic carbocycles. The monoisotopic (exact) mass is 325 g/mol. The van der Waals surface area contributed by atoms with Gasteiger partial charge in [-0.2, -0.15) is 0 Å². The van der Waals surface area contributed by atoms with E-state index in [2.05, 4.69) is 4.98 Å². The summed E-state index contributed by atoms with van der Waals surface area (Å²) in [5.41, 5.74) is 1.05. The lowest BCUT2D eigenvalue weighted by atomic mass is 9.83. The minimum Gasteiger partial charge on any atom is -0.357 e. The Morgan fingerprint density at radius 1 is 0.917 bits per heavy atom. The number of aromatic nitrogens is 1. The van der Waals surface area contributed by atoms with Crippen LogP contribution in [0.1, 0.15) is 29.9 Å². The van der Waals surface area contributed by atoms with Crippen molar-refractivity contribution in [3.8, 4) is 0 Å². The van der Waals surface area contributed by atoms with Crippen molar-refractivity contribution in [1.82, 2.24) is 14.8 Å². The van der Waals surface area contributed by atoms with Gasteiger partial charge in [0.2, 0.25) is 5.91 Å². The van der Waals surface area contributed by atoms with Crippen LogP contribution in [0.3, 0.4) is 0 Å². The van der Waals surface area contributed by atoms with Gasteiger partial charge in [0.15, 0.2) is 0 Å². The number of aromatic amines is 1. The van der Waals surface area contributed by atoms with Gasteiger partial charge in [0.25, 0.3) is 5.91 Å². The molecule has 24 heavy (non-hydrogen) atoms. The summed E-state index contributed by atoms with van der Waals surface area (Å²) >= 11 is 0. The third kappa shape index (κ3) is 3.07. The number of rotatable bonds is 3. The lowest BCUT2D eigenvalue weighted by Gasteiger charge is -2.38. The molecule has 2 amide bonds. The number of benzene rings is 1. The van der Waals surface area contributed by atoms with Gasteiger partial charge in [-0.15, -0.1) is 0 Å². The van der Waals surface area contributed by atoms with Gasteiger partial charge in [-0.05, 0) is 31.5 Å². The van der Waals surface area contributed by atoms with E-state index in [1.54, 1.807) is 17.2 Å². The highest BCUT2D eigenvalue weighted by Crippen LogP contribution is 2.26. The molecule has 0 unspecified atom stereocenters. The molecule has 1 aliphatic rings. The first-order valence-electron chi connectivity index (χ1n) is 8.28. The Labute approximate surface area is 142 Å². The van der Waals surface area contributed by atoms with Crippen molar-refractivity contribution < 1.29 is 9.59 Å². The quantitative estimate of drug-likeness (QED) is 0.941. The van der Waals surface area contributed by atoms with Gasteiger partial charge in [0.1, 0.15) is 5.69 Å². The summed E-state index contributed by atoms with van der Waals surface area (Å²) in [6, 6.07) is 13.4. The normalized spacial score (nSPS) is 15.4. The largest absolute Gasteiger partial charge is 0.357 e. The molecule has 5 nitrogen and oxygen atoms in total. The van der Waals surface area contributed by atoms with Gasteiger partial charge < -0.3 is 14.8 Å². The van der Waals surface area contributed by atoms with Crippen LogP contribution < -0.4 is 0 Å². The predicted molar refractivity (Wildman–Crippen MR) is 92.7 cm³/mol. The van der Waals surface area contributed by atoms with Gasteiger partial charge in [-0.25, -0.2) is 0 Å². The average Bonchev–Trinajstić information content (AvgIpc) is 3.16. The fourth-order valence-electron chi connectivity index (χ4n) is 3.12. The SMILES string of the molecule is CC(C)(C(=O)N1CCN(C(=O)c2ccc[nH]2)CC1)c1ccccc1. The number of carbonyl (C=O) groups is 2. The molecule has 0 spiro atoms. The minimum absolute atomic E-state index is 0.00517. The molecule has 0 saturated carbocycles. The van der Waals surface area contributed by atoms with E-state index in [0.29, 0.717) is 31.9 Å². The standard InChI is InChI=1S/C19H23N3O2/c1-19(2,15-7-4-3-5-8-15)18(24)22-13-11-21(12-14-22)17(23)16-9-6-10-20-16/h3-10,20H,11-14H2,1-2H3. The molecule has 126 valence electrons. The molecule has 0 bridgehead atoms. The van der Waals surface area contributed by atoms with Crippen molar-refractivity contribution in [2.45, 2.75) is 19.3 Å². The molecule has 0 radical (unpaired) electrons. The van der Waals surface area contributed by atoms with E-state index in [-0.39, 0.29) is 11.8 Å². The number of nitrogens with zero attached hydrogens (tertiary/aromatic N) is 2. The van der Waals surface area contributed by atoms with Crippen LogP contribution in [0, 0.1) is 0 Å². The summed E-state index contributed by atoms with van der Waals surface area (Å²) in [5.74, 6) is 0.107. The first kappa shape index (κ1) is 16.3. The Balaban J connectivity index is 1.64. The molecular formula is C19H23N3O2. The molecule has 0 atom stereocenters. The highest BCUT2D eigenvalue weighted by molar-refractivity contribution is 5.93. The van der Waals surface area contributed by atoms with E-state index in [9.17, 15) is 9.59 Å². The number of carbonyl (C=O) groups excluding carboxylic acids is 2. The van der Waals surface area contributed by atoms with Crippen LogP contribution in [0.25, 0.3) is 0 Å². The summed E-state index contributed by atoms with van der Waals surface area (Å²) < 4.78 is 0. The second-order valence-corrected chi connectivity index (χ2v) is 6.66. The Morgan fingerprint density at radius 2 is 1.54 bits per heavy atom. The van der Waals surface area contributed by atoms with Crippen LogP contribution in [0.4, 0.5) is 0 Å². The van der Waals surface area contributed by atoms with Gasteiger partial charge in [-0.1, -0.05) is 30.3 Å². The second kappa shape index (κ2) is 6.51. The average molecular weight is 325 g/mol. The van der Waals surface area contributed by atoms with Crippen LogP contribution in [-0.4, -0.2) is 52.8 Å². The Kier molecular flexibility index (Phi) is 4.42. The van der Waals surface area contributed by atoms with Crippen molar-refractivity contribution in [3.05, 3.63) is 59.9 Å². The van der Waals surface area contributed by atoms with E-state index in [1.165, 1.54) is 0 Å². The van der Waals surface area contributed by atoms with Gasteiger partial charge in [-0.3, -0.25) is 9.59 Å². The molecule has 3 rings (SSSR count). The maximum atomic E-state index is 12.9. The number of amides is 2. The van der Waals surface area contributed by atoms with Crippen molar-refractivity contribution in [2.75, 3.05) is 26.2 Å². The van der Waals surface area contributed by atoms with Crippen LogP contribution in [0.5, 0.6) is 0 Å². The van der Waals surface area contributed by atoms with E-state index >= 15 is 0 Å². The molecule has 2 aromatic rings. The number of H-pyrrole nitrogens is 1. The maximum Gasteiger partial charge on any atom is 0.270 e. The minimum atomic E-state index is -0.563. The molecule has 1 aromatic heterocycles. The van der Waals surface area contributed by atoms with E-state index < -0.39 is 5.41 Å². The predicted octanol–water partition coefficient (Wildman–Crippen LogP) is 2.28. The zero-order valence-electron chi connectivity index (χ0n) is 14.2. The highest BCUT2D eigenvalue weighted by atomic mass is 16.2. The number of hydrogen-bond acceptors (Lipinski definition) is 2. The Morgan fingerprint density at radius 3 is 2.12 bits per heavy atom. The van der Waals surface area contributed by atoms with Gasteiger partial charge >= 0.3 is 0 Å². The molecular weight excluding hydrogens is 302 g/mol. The summed E-state index contributed by atoms with van der Waals surface area (Å²) in [6.45, 7) is 6.19. The van der Waals surface area contributed by atoms with Crippen LogP contribution in [-0.2, 0) is 10.2 Å². The second-order valence-electron chi connectivity index (χ2n) is 6.66. The topological polar surface area (TPSA) is 56.4 Å². The molecule has 2 heterocycles. The first-order valence-corrected chi connectivity index (χ1v) is 8.28. The smallest absolute Gasteiger partial charge is 0.270 e. The number of hydrogen-bond donors (Lipinski definition) is 1. The maximum absolute atomic E-state index is 12.9. The molecule has 1 saturated heterocycles. The van der Waals surface area contributed by atoms with Gasteiger partial charge in [0.05, 0.1) is 5.41 Å². The number of nitrogens with one attached hydrogen (secondary N) is 1. The van der Waals surface area contributed by atoms with Gasteiger partial charge in [0, 0.05) is 32.4 Å². The van der Waals surface area contributed by atoms with Crippen LogP contribution in [0.2, 0.25) is 0 Å². The third-order valence-corrected chi connectivity index (χ3v) is 4.71. The lowest BCUT2D eigenvalue weighted by molar-refractivity contribution is -0.137. The molecule has 5 heteroatoms. The van der Waals surface area contributed by atoms with Crippen LogP contribution >= 0.6 is 0 Å². The summed E-state index contributed by atoms with van der Waals surface area (Å²) in [7, 11) is 0. The zero-order valence-corrected chi connectivity index (χ0v) is 14.2. The zero-order chi connectivity index (χ0) is 17.2. The number of piperazine rings is 1. The van der Waals surface area contributed by atoms with E-state index in [0.717, 1.165) is 5.56 Å². The van der Waals surface area contributed by atoms with Crippen molar-refractivity contribution in [3.63, 3.8) is 0 Å². The fraction of sp³-hybridized carbons (Fsp3) is 0.368. The van der Waals surface area contributed by atoms with Crippen molar-refractivity contribution in [1.29, 1.82) is 0 Å². The molecule has 1 aliphatic heterocycles.